The Hall–Kier alpha value is -3.49. The van der Waals surface area contributed by atoms with Crippen molar-refractivity contribution in [2.24, 2.45) is 0 Å². The minimum Gasteiger partial charge on any atom is -0.355 e. The maximum atomic E-state index is 12.7. The number of hydrogen-bond acceptors (Lipinski definition) is 4. The van der Waals surface area contributed by atoms with Crippen LogP contribution in [0.25, 0.3) is 0 Å². The van der Waals surface area contributed by atoms with E-state index in [9.17, 15) is 18.0 Å². The summed E-state index contributed by atoms with van der Waals surface area (Å²) in [7, 11) is -3.90. The molecule has 3 aromatic carbocycles. The third-order valence-electron chi connectivity index (χ3n) is 5.35. The van der Waals surface area contributed by atoms with Crippen LogP contribution in [0.15, 0.2) is 89.8 Å². The van der Waals surface area contributed by atoms with Crippen molar-refractivity contribution >= 4 is 27.5 Å². The first-order valence-corrected chi connectivity index (χ1v) is 12.5. The van der Waals surface area contributed by atoms with Gasteiger partial charge in [0, 0.05) is 25.1 Å². The number of benzene rings is 3. The largest absolute Gasteiger partial charge is 0.355 e. The first kappa shape index (κ1) is 25.1. The predicted molar refractivity (Wildman–Crippen MR) is 133 cm³/mol. The zero-order chi connectivity index (χ0) is 24.6. The molecule has 0 radical (unpaired) electrons. The van der Waals surface area contributed by atoms with E-state index in [1.807, 2.05) is 36.4 Å². The van der Waals surface area contributed by atoms with E-state index in [-0.39, 0.29) is 16.7 Å². The van der Waals surface area contributed by atoms with Crippen molar-refractivity contribution < 1.29 is 18.0 Å². The second-order valence-electron chi connectivity index (χ2n) is 8.00. The SMILES string of the molecule is CC(=O)Nc1ccc(S(=O)(=O)NC(C)C(=O)NCCC(c2ccccc2)c2ccccc2)cc1. The summed E-state index contributed by atoms with van der Waals surface area (Å²) in [5.74, 6) is -0.545. The van der Waals surface area contributed by atoms with E-state index >= 15 is 0 Å². The zero-order valence-corrected chi connectivity index (χ0v) is 20.0. The molecule has 0 aliphatic rings. The number of nitrogens with one attached hydrogen (secondary N) is 3. The van der Waals surface area contributed by atoms with Gasteiger partial charge in [0.2, 0.25) is 21.8 Å². The van der Waals surface area contributed by atoms with E-state index < -0.39 is 22.0 Å². The van der Waals surface area contributed by atoms with Gasteiger partial charge < -0.3 is 10.6 Å². The number of amides is 2. The Kier molecular flexibility index (Phi) is 8.56. The third kappa shape index (κ3) is 7.00. The molecule has 1 atom stereocenters. The van der Waals surface area contributed by atoms with Crippen molar-refractivity contribution in [2.75, 3.05) is 11.9 Å². The maximum absolute atomic E-state index is 12.7. The molecule has 0 aliphatic heterocycles. The Morgan fingerprint density at radius 3 is 1.85 bits per heavy atom. The summed E-state index contributed by atoms with van der Waals surface area (Å²) >= 11 is 0. The van der Waals surface area contributed by atoms with Gasteiger partial charge in [0.05, 0.1) is 10.9 Å². The van der Waals surface area contributed by atoms with E-state index in [0.29, 0.717) is 18.7 Å². The van der Waals surface area contributed by atoms with Crippen molar-refractivity contribution in [3.63, 3.8) is 0 Å². The number of carbonyl (C=O) groups is 2. The van der Waals surface area contributed by atoms with Gasteiger partial charge in [-0.15, -0.1) is 0 Å². The van der Waals surface area contributed by atoms with Gasteiger partial charge in [-0.3, -0.25) is 9.59 Å². The van der Waals surface area contributed by atoms with E-state index in [2.05, 4.69) is 39.6 Å². The topological polar surface area (TPSA) is 104 Å². The molecule has 7 nitrogen and oxygen atoms in total. The van der Waals surface area contributed by atoms with Gasteiger partial charge in [-0.2, -0.15) is 4.72 Å². The quantitative estimate of drug-likeness (QED) is 0.413. The molecular weight excluding hydrogens is 450 g/mol. The van der Waals surface area contributed by atoms with Crippen LogP contribution in [0, 0.1) is 0 Å². The molecule has 3 aromatic rings. The normalized spacial score (nSPS) is 12.2. The summed E-state index contributed by atoms with van der Waals surface area (Å²) in [5.41, 5.74) is 2.79. The molecule has 1 unspecified atom stereocenters. The molecule has 0 heterocycles. The summed E-state index contributed by atoms with van der Waals surface area (Å²) in [5, 5.41) is 5.42. The maximum Gasteiger partial charge on any atom is 0.241 e. The summed E-state index contributed by atoms with van der Waals surface area (Å²) in [4.78, 5) is 23.7. The van der Waals surface area contributed by atoms with Crippen molar-refractivity contribution in [2.45, 2.75) is 37.1 Å². The van der Waals surface area contributed by atoms with Crippen LogP contribution in [0.4, 0.5) is 5.69 Å². The van der Waals surface area contributed by atoms with Crippen LogP contribution in [0.1, 0.15) is 37.3 Å². The Labute approximate surface area is 200 Å². The zero-order valence-electron chi connectivity index (χ0n) is 19.2. The fourth-order valence-electron chi connectivity index (χ4n) is 3.66. The molecular formula is C26H29N3O4S. The van der Waals surface area contributed by atoms with Crippen LogP contribution in [0.2, 0.25) is 0 Å². The van der Waals surface area contributed by atoms with Gasteiger partial charge in [-0.25, -0.2) is 8.42 Å². The van der Waals surface area contributed by atoms with Crippen LogP contribution in [0.5, 0.6) is 0 Å². The van der Waals surface area contributed by atoms with Crippen LogP contribution in [-0.2, 0) is 19.6 Å². The van der Waals surface area contributed by atoms with Crippen molar-refractivity contribution in [3.8, 4) is 0 Å². The van der Waals surface area contributed by atoms with Crippen molar-refractivity contribution in [3.05, 3.63) is 96.1 Å². The number of anilines is 1. The van der Waals surface area contributed by atoms with Crippen LogP contribution >= 0.6 is 0 Å². The molecule has 178 valence electrons. The van der Waals surface area contributed by atoms with Gasteiger partial charge >= 0.3 is 0 Å². The highest BCUT2D eigenvalue weighted by molar-refractivity contribution is 7.89. The lowest BCUT2D eigenvalue weighted by Gasteiger charge is -2.20. The van der Waals surface area contributed by atoms with Crippen molar-refractivity contribution in [1.29, 1.82) is 0 Å². The van der Waals surface area contributed by atoms with E-state index in [0.717, 1.165) is 11.1 Å². The van der Waals surface area contributed by atoms with Crippen LogP contribution < -0.4 is 15.4 Å². The Morgan fingerprint density at radius 1 is 0.824 bits per heavy atom. The first-order valence-electron chi connectivity index (χ1n) is 11.0. The van der Waals surface area contributed by atoms with Crippen LogP contribution in [0.3, 0.4) is 0 Å². The molecule has 0 saturated heterocycles. The molecule has 0 spiro atoms. The Morgan fingerprint density at radius 2 is 1.35 bits per heavy atom. The van der Waals surface area contributed by atoms with Gasteiger partial charge in [-0.1, -0.05) is 60.7 Å². The highest BCUT2D eigenvalue weighted by Gasteiger charge is 2.22. The molecule has 0 aromatic heterocycles. The van der Waals surface area contributed by atoms with Crippen LogP contribution in [-0.4, -0.2) is 32.8 Å². The van der Waals surface area contributed by atoms with E-state index in [1.165, 1.54) is 38.1 Å². The van der Waals surface area contributed by atoms with Gasteiger partial charge in [0.15, 0.2) is 0 Å². The lowest BCUT2D eigenvalue weighted by atomic mass is 9.88. The molecule has 3 rings (SSSR count). The smallest absolute Gasteiger partial charge is 0.241 e. The van der Waals surface area contributed by atoms with Gasteiger partial charge in [-0.05, 0) is 48.7 Å². The molecule has 3 N–H and O–H groups in total. The Bertz CT molecular complexity index is 1160. The number of rotatable bonds is 10. The fourth-order valence-corrected chi connectivity index (χ4v) is 4.87. The standard InChI is InChI=1S/C26H29N3O4S/c1-19(29-34(32,33)24-15-13-23(14-16-24)28-20(2)30)26(31)27-18-17-25(21-9-5-3-6-10-21)22-11-7-4-8-12-22/h3-16,19,25,29H,17-18H2,1-2H3,(H,27,31)(H,28,30). The third-order valence-corrected chi connectivity index (χ3v) is 6.90. The molecule has 0 saturated carbocycles. The number of hydrogen-bond donors (Lipinski definition) is 3. The molecule has 0 aliphatic carbocycles. The minimum absolute atomic E-state index is 0.00877. The molecule has 34 heavy (non-hydrogen) atoms. The van der Waals surface area contributed by atoms with Gasteiger partial charge in [0.1, 0.15) is 0 Å². The lowest BCUT2D eigenvalue weighted by molar-refractivity contribution is -0.122. The Balaban J connectivity index is 1.59. The number of sulfonamides is 1. The molecule has 0 bridgehead atoms. The molecule has 8 heteroatoms. The summed E-state index contributed by atoms with van der Waals surface area (Å²) in [6.45, 7) is 3.27. The summed E-state index contributed by atoms with van der Waals surface area (Å²) in [6, 6.07) is 24.9. The minimum atomic E-state index is -3.90. The average Bonchev–Trinajstić information content (AvgIpc) is 2.82. The summed E-state index contributed by atoms with van der Waals surface area (Å²) in [6.07, 6.45) is 0.670. The monoisotopic (exact) mass is 479 g/mol. The first-order chi connectivity index (χ1) is 16.3. The second kappa shape index (κ2) is 11.6. The fraction of sp³-hybridized carbons (Fsp3) is 0.231. The van der Waals surface area contributed by atoms with Gasteiger partial charge in [0.25, 0.3) is 0 Å². The van der Waals surface area contributed by atoms with Crippen molar-refractivity contribution in [1.82, 2.24) is 10.0 Å². The predicted octanol–water partition coefficient (Wildman–Crippen LogP) is 3.65. The van der Waals surface area contributed by atoms with E-state index in [4.69, 9.17) is 0 Å². The molecule has 2 amide bonds. The highest BCUT2D eigenvalue weighted by atomic mass is 32.2. The summed E-state index contributed by atoms with van der Waals surface area (Å²) < 4.78 is 27.7. The average molecular weight is 480 g/mol. The second-order valence-corrected chi connectivity index (χ2v) is 9.72. The molecule has 0 fully saturated rings. The number of carbonyl (C=O) groups excluding carboxylic acids is 2. The lowest BCUT2D eigenvalue weighted by Crippen LogP contribution is -2.45. The highest BCUT2D eigenvalue weighted by Crippen LogP contribution is 2.27. The van der Waals surface area contributed by atoms with E-state index in [1.54, 1.807) is 0 Å².